The predicted octanol–water partition coefficient (Wildman–Crippen LogP) is 4.07. The van der Waals surface area contributed by atoms with Gasteiger partial charge in [0.2, 0.25) is 5.95 Å². The van der Waals surface area contributed by atoms with Crippen molar-refractivity contribution in [3.8, 4) is 0 Å². The molecule has 1 heterocycles. The molecule has 3 N–H and O–H groups in total. The Bertz CT molecular complexity index is 874. The number of imidazole rings is 1. The molecule has 0 fully saturated rings. The van der Waals surface area contributed by atoms with Gasteiger partial charge in [-0.05, 0) is 48.9 Å². The molecule has 1 aromatic heterocycles. The van der Waals surface area contributed by atoms with Crippen LogP contribution in [0.4, 0.5) is 11.6 Å². The molecule has 3 rings (SSSR count). The maximum Gasteiger partial charge on any atom is 0.274 e. The van der Waals surface area contributed by atoms with Crippen LogP contribution in [0.5, 0.6) is 0 Å². The lowest BCUT2D eigenvalue weighted by Crippen LogP contribution is -2.18. The van der Waals surface area contributed by atoms with Crippen LogP contribution in [0, 0.1) is 0 Å². The van der Waals surface area contributed by atoms with Crippen LogP contribution >= 0.6 is 15.9 Å². The summed E-state index contributed by atoms with van der Waals surface area (Å²) < 4.78 is 3.12. The number of hydroxylamine groups is 1. The highest BCUT2D eigenvalue weighted by Gasteiger charge is 2.11. The highest BCUT2D eigenvalue weighted by atomic mass is 79.9. The Morgan fingerprint density at radius 3 is 2.67 bits per heavy atom. The van der Waals surface area contributed by atoms with E-state index < -0.39 is 5.91 Å². The number of hydrogen-bond acceptors (Lipinski definition) is 4. The van der Waals surface area contributed by atoms with Crippen molar-refractivity contribution in [1.82, 2.24) is 15.0 Å². The third-order valence-corrected chi connectivity index (χ3v) is 4.16. The second kappa shape index (κ2) is 7.02. The lowest BCUT2D eigenvalue weighted by atomic mass is 10.2. The third kappa shape index (κ3) is 3.27. The highest BCUT2D eigenvalue weighted by molar-refractivity contribution is 9.10. The molecule has 0 radical (unpaired) electrons. The number of nitrogens with zero attached hydrogens (tertiary/aromatic N) is 2. The molecule has 0 aliphatic carbocycles. The summed E-state index contributed by atoms with van der Waals surface area (Å²) in [6.07, 6.45) is 0.992. The molecular weight excluding hydrogens is 372 g/mol. The monoisotopic (exact) mass is 388 g/mol. The zero-order chi connectivity index (χ0) is 17.1. The lowest BCUT2D eigenvalue weighted by molar-refractivity contribution is 0.0706. The van der Waals surface area contributed by atoms with Crippen LogP contribution in [0.25, 0.3) is 11.0 Å². The second-order valence-electron chi connectivity index (χ2n) is 5.36. The number of anilines is 2. The SMILES string of the molecule is CCCn1c(Nc2ccc(C(=O)NO)cc2)nc2cc(Br)ccc21. The van der Waals surface area contributed by atoms with Crippen LogP contribution < -0.4 is 10.8 Å². The molecule has 2 aromatic carbocycles. The molecule has 24 heavy (non-hydrogen) atoms. The molecule has 3 aromatic rings. The van der Waals surface area contributed by atoms with E-state index in [0.29, 0.717) is 5.56 Å². The zero-order valence-corrected chi connectivity index (χ0v) is 14.7. The van der Waals surface area contributed by atoms with Crippen LogP contribution in [-0.4, -0.2) is 20.7 Å². The number of carbonyl (C=O) groups is 1. The quantitative estimate of drug-likeness (QED) is 0.454. The first-order chi connectivity index (χ1) is 11.6. The summed E-state index contributed by atoms with van der Waals surface area (Å²) in [7, 11) is 0. The minimum absolute atomic E-state index is 0.383. The molecule has 0 bridgehead atoms. The summed E-state index contributed by atoms with van der Waals surface area (Å²) in [5.74, 6) is 0.217. The lowest BCUT2D eigenvalue weighted by Gasteiger charge is -2.10. The van der Waals surface area contributed by atoms with E-state index >= 15 is 0 Å². The predicted molar refractivity (Wildman–Crippen MR) is 96.7 cm³/mol. The Hall–Kier alpha value is -2.38. The van der Waals surface area contributed by atoms with Gasteiger partial charge in [0.05, 0.1) is 11.0 Å². The second-order valence-corrected chi connectivity index (χ2v) is 6.28. The molecule has 0 saturated heterocycles. The molecule has 0 unspecified atom stereocenters. The Morgan fingerprint density at radius 2 is 2.00 bits per heavy atom. The number of aryl methyl sites for hydroxylation is 1. The van der Waals surface area contributed by atoms with Gasteiger partial charge >= 0.3 is 0 Å². The van der Waals surface area contributed by atoms with E-state index in [-0.39, 0.29) is 0 Å². The van der Waals surface area contributed by atoms with Crippen molar-refractivity contribution < 1.29 is 10.0 Å². The Labute approximate surface area is 147 Å². The number of aromatic nitrogens is 2. The van der Waals surface area contributed by atoms with Gasteiger partial charge in [-0.3, -0.25) is 10.0 Å². The number of amides is 1. The van der Waals surface area contributed by atoms with E-state index in [4.69, 9.17) is 5.21 Å². The van der Waals surface area contributed by atoms with Gasteiger partial charge in [-0.15, -0.1) is 0 Å². The van der Waals surface area contributed by atoms with E-state index in [1.54, 1.807) is 29.7 Å². The van der Waals surface area contributed by atoms with Crippen molar-refractivity contribution in [3.05, 3.63) is 52.5 Å². The van der Waals surface area contributed by atoms with Crippen molar-refractivity contribution in [2.24, 2.45) is 0 Å². The molecule has 0 spiro atoms. The van der Waals surface area contributed by atoms with Gasteiger partial charge in [0, 0.05) is 22.3 Å². The Balaban J connectivity index is 1.94. The maximum absolute atomic E-state index is 11.4. The van der Waals surface area contributed by atoms with E-state index in [1.165, 1.54) is 0 Å². The van der Waals surface area contributed by atoms with Crippen molar-refractivity contribution in [2.45, 2.75) is 19.9 Å². The fourth-order valence-corrected chi connectivity index (χ4v) is 2.90. The van der Waals surface area contributed by atoms with Crippen LogP contribution in [-0.2, 0) is 6.54 Å². The fraction of sp³-hybridized carbons (Fsp3) is 0.176. The highest BCUT2D eigenvalue weighted by Crippen LogP contribution is 2.26. The van der Waals surface area contributed by atoms with E-state index in [9.17, 15) is 4.79 Å². The van der Waals surface area contributed by atoms with Crippen LogP contribution in [0.2, 0.25) is 0 Å². The standard InChI is InChI=1S/C17H17BrN4O2/c1-2-9-22-15-8-5-12(18)10-14(15)20-17(22)19-13-6-3-11(4-7-13)16(23)21-24/h3-8,10,24H,2,9H2,1H3,(H,19,20)(H,21,23). The summed E-state index contributed by atoms with van der Waals surface area (Å²) in [5, 5.41) is 12.0. The van der Waals surface area contributed by atoms with Gasteiger partial charge < -0.3 is 9.88 Å². The molecule has 0 atom stereocenters. The molecule has 0 aliphatic heterocycles. The van der Waals surface area contributed by atoms with Gasteiger partial charge in [-0.25, -0.2) is 10.5 Å². The van der Waals surface area contributed by atoms with E-state index in [2.05, 4.69) is 37.7 Å². The van der Waals surface area contributed by atoms with Gasteiger partial charge in [-0.1, -0.05) is 22.9 Å². The molecular formula is C17H17BrN4O2. The van der Waals surface area contributed by atoms with Gasteiger partial charge in [0.15, 0.2) is 0 Å². The first-order valence-electron chi connectivity index (χ1n) is 7.59. The van der Waals surface area contributed by atoms with Gasteiger partial charge in [-0.2, -0.15) is 0 Å². The van der Waals surface area contributed by atoms with Crippen molar-refractivity contribution >= 4 is 44.5 Å². The first-order valence-corrected chi connectivity index (χ1v) is 8.39. The van der Waals surface area contributed by atoms with Crippen molar-refractivity contribution in [1.29, 1.82) is 0 Å². The summed E-state index contributed by atoms with van der Waals surface area (Å²) in [6.45, 7) is 2.97. The smallest absolute Gasteiger partial charge is 0.274 e. The maximum atomic E-state index is 11.4. The molecule has 0 saturated carbocycles. The number of carbonyl (C=O) groups excluding carboxylic acids is 1. The number of fused-ring (bicyclic) bond motifs is 1. The number of hydrogen-bond donors (Lipinski definition) is 3. The van der Waals surface area contributed by atoms with Gasteiger partial charge in [0.25, 0.3) is 5.91 Å². The normalized spacial score (nSPS) is 10.8. The topological polar surface area (TPSA) is 79.2 Å². The number of benzene rings is 2. The molecule has 7 heteroatoms. The Kier molecular flexibility index (Phi) is 4.82. The third-order valence-electron chi connectivity index (χ3n) is 3.66. The summed E-state index contributed by atoms with van der Waals surface area (Å²) in [4.78, 5) is 16.0. The average molecular weight is 389 g/mol. The Morgan fingerprint density at radius 1 is 1.25 bits per heavy atom. The summed E-state index contributed by atoms with van der Waals surface area (Å²) >= 11 is 3.47. The molecule has 124 valence electrons. The first kappa shape index (κ1) is 16.5. The minimum Gasteiger partial charge on any atom is -0.326 e. The molecule has 1 amide bonds. The van der Waals surface area contributed by atoms with Crippen LogP contribution in [0.15, 0.2) is 46.9 Å². The largest absolute Gasteiger partial charge is 0.326 e. The fourth-order valence-electron chi connectivity index (χ4n) is 2.55. The van der Waals surface area contributed by atoms with Gasteiger partial charge in [0.1, 0.15) is 0 Å². The zero-order valence-electron chi connectivity index (χ0n) is 13.1. The van der Waals surface area contributed by atoms with Crippen molar-refractivity contribution in [2.75, 3.05) is 5.32 Å². The summed E-state index contributed by atoms with van der Waals surface area (Å²) in [5.41, 5.74) is 4.80. The number of halogens is 1. The summed E-state index contributed by atoms with van der Waals surface area (Å²) in [6, 6.07) is 12.9. The van der Waals surface area contributed by atoms with Crippen molar-refractivity contribution in [3.63, 3.8) is 0 Å². The number of nitrogens with one attached hydrogen (secondary N) is 2. The number of rotatable bonds is 5. The van der Waals surface area contributed by atoms with E-state index in [1.807, 2.05) is 18.2 Å². The molecule has 0 aliphatic rings. The molecule has 6 nitrogen and oxygen atoms in total. The average Bonchev–Trinajstić information content (AvgIpc) is 2.91. The van der Waals surface area contributed by atoms with Crippen LogP contribution in [0.1, 0.15) is 23.7 Å². The van der Waals surface area contributed by atoms with Crippen LogP contribution in [0.3, 0.4) is 0 Å². The van der Waals surface area contributed by atoms with E-state index in [0.717, 1.165) is 40.1 Å². The minimum atomic E-state index is -0.537.